The van der Waals surface area contributed by atoms with Crippen LogP contribution in [0.3, 0.4) is 0 Å². The summed E-state index contributed by atoms with van der Waals surface area (Å²) >= 11 is -2.97. The van der Waals surface area contributed by atoms with Crippen molar-refractivity contribution >= 4 is 11.1 Å². The highest BCUT2D eigenvalue weighted by Crippen LogP contribution is 2.16. The molecule has 0 fully saturated rings. The third-order valence-corrected chi connectivity index (χ3v) is 1.80. The minimum Gasteiger partial charge on any atom is -0.768 e. The van der Waals surface area contributed by atoms with Crippen molar-refractivity contribution in [2.75, 3.05) is 0 Å². The molecule has 0 amide bonds. The Morgan fingerprint density at radius 3 is 2.33 bits per heavy atom. The Bertz CT molecular complexity index is 340. The van der Waals surface area contributed by atoms with Crippen molar-refractivity contribution in [3.8, 4) is 0 Å². The maximum Gasteiger partial charge on any atom is 0.173 e. The first-order valence-corrected chi connectivity index (χ1v) is 3.83. The van der Waals surface area contributed by atoms with E-state index in [9.17, 15) is 21.9 Å². The van der Waals surface area contributed by atoms with Crippen LogP contribution < -0.4 is 0 Å². The van der Waals surface area contributed by atoms with Crippen LogP contribution in [0, 0.1) is 17.5 Å². The van der Waals surface area contributed by atoms with Gasteiger partial charge in [-0.15, -0.1) is 0 Å². The smallest absolute Gasteiger partial charge is 0.173 e. The van der Waals surface area contributed by atoms with E-state index in [0.717, 1.165) is 0 Å². The molecule has 0 saturated heterocycles. The van der Waals surface area contributed by atoms with Gasteiger partial charge in [0.15, 0.2) is 11.6 Å². The number of hydrogen-bond acceptors (Lipinski definition) is 2. The van der Waals surface area contributed by atoms with Gasteiger partial charge in [0.1, 0.15) is 5.82 Å². The van der Waals surface area contributed by atoms with Gasteiger partial charge in [-0.2, -0.15) is 0 Å². The van der Waals surface area contributed by atoms with Gasteiger partial charge in [-0.05, 0) is 17.1 Å². The van der Waals surface area contributed by atoms with Gasteiger partial charge in [-0.1, -0.05) is 0 Å². The molecule has 0 aromatic heterocycles. The van der Waals surface area contributed by atoms with Gasteiger partial charge >= 0.3 is 0 Å². The second-order valence-corrected chi connectivity index (χ2v) is 2.84. The molecule has 1 aromatic carbocycles. The Balaban J connectivity index is 3.37. The molecule has 66 valence electrons. The first-order valence-electron chi connectivity index (χ1n) is 2.76. The summed E-state index contributed by atoms with van der Waals surface area (Å²) in [6.45, 7) is 0. The van der Waals surface area contributed by atoms with Gasteiger partial charge < -0.3 is 4.55 Å². The van der Waals surface area contributed by atoms with Gasteiger partial charge in [0.2, 0.25) is 0 Å². The summed E-state index contributed by atoms with van der Waals surface area (Å²) in [5.41, 5.74) is 0. The molecule has 0 heterocycles. The number of benzene rings is 1. The summed E-state index contributed by atoms with van der Waals surface area (Å²) in [4.78, 5) is -1.01. The second-order valence-electron chi connectivity index (χ2n) is 1.93. The van der Waals surface area contributed by atoms with E-state index in [-0.39, 0.29) is 6.07 Å². The fraction of sp³-hybridized carbons (Fsp3) is 0. The molecule has 0 bridgehead atoms. The van der Waals surface area contributed by atoms with Gasteiger partial charge in [0.25, 0.3) is 0 Å². The Kier molecular flexibility index (Phi) is 2.49. The number of halogens is 3. The maximum absolute atomic E-state index is 12.5. The van der Waals surface area contributed by atoms with Gasteiger partial charge in [0.05, 0.1) is 4.90 Å². The summed E-state index contributed by atoms with van der Waals surface area (Å²) in [7, 11) is 0. The number of hydrogen-bond donors (Lipinski definition) is 0. The molecule has 1 rings (SSSR count). The Hall–Kier alpha value is -0.880. The van der Waals surface area contributed by atoms with Crippen LogP contribution in [0.1, 0.15) is 0 Å². The Labute approximate surface area is 68.3 Å². The molecule has 0 aliphatic heterocycles. The molecule has 0 aliphatic carbocycles. The van der Waals surface area contributed by atoms with Crippen molar-refractivity contribution in [2.24, 2.45) is 0 Å². The highest BCUT2D eigenvalue weighted by molar-refractivity contribution is 7.79. The summed E-state index contributed by atoms with van der Waals surface area (Å²) in [5.74, 6) is -4.22. The third-order valence-electron chi connectivity index (χ3n) is 1.14. The van der Waals surface area contributed by atoms with E-state index >= 15 is 0 Å². The van der Waals surface area contributed by atoms with Crippen molar-refractivity contribution in [3.63, 3.8) is 0 Å². The van der Waals surface area contributed by atoms with Crippen molar-refractivity contribution in [1.82, 2.24) is 0 Å². The fourth-order valence-corrected chi connectivity index (χ4v) is 1.11. The molecular weight excluding hydrogens is 193 g/mol. The first-order chi connectivity index (χ1) is 5.52. The minimum atomic E-state index is -2.97. The van der Waals surface area contributed by atoms with Crippen LogP contribution in [0.4, 0.5) is 13.2 Å². The van der Waals surface area contributed by atoms with E-state index in [1.807, 2.05) is 0 Å². The van der Waals surface area contributed by atoms with Gasteiger partial charge in [-0.25, -0.2) is 13.2 Å². The standard InChI is InChI=1S/C6H3F3O2S/c7-3-1-4(8)6(9)5(2-3)12(10)11/h1-2H,(H,10,11)/p-1. The van der Waals surface area contributed by atoms with Gasteiger partial charge in [0, 0.05) is 6.07 Å². The lowest BCUT2D eigenvalue weighted by atomic mass is 10.3. The average molecular weight is 195 g/mol. The Morgan fingerprint density at radius 1 is 1.25 bits per heavy atom. The Morgan fingerprint density at radius 2 is 1.83 bits per heavy atom. The summed E-state index contributed by atoms with van der Waals surface area (Å²) in [6, 6.07) is 0.674. The highest BCUT2D eigenvalue weighted by Gasteiger charge is 2.10. The van der Waals surface area contributed by atoms with Crippen LogP contribution in [-0.4, -0.2) is 8.76 Å². The lowest BCUT2D eigenvalue weighted by molar-refractivity contribution is 0.464. The molecule has 0 spiro atoms. The average Bonchev–Trinajstić information content (AvgIpc) is 1.96. The monoisotopic (exact) mass is 195 g/mol. The SMILES string of the molecule is O=S([O-])c1cc(F)cc(F)c1F. The fourth-order valence-electron chi connectivity index (χ4n) is 0.654. The van der Waals surface area contributed by atoms with Crippen LogP contribution in [0.5, 0.6) is 0 Å². The molecule has 6 heteroatoms. The predicted octanol–water partition coefficient (Wildman–Crippen LogP) is 1.34. The maximum atomic E-state index is 12.5. The quantitative estimate of drug-likeness (QED) is 0.501. The van der Waals surface area contributed by atoms with Crippen molar-refractivity contribution < 1.29 is 21.9 Å². The molecule has 1 aromatic rings. The zero-order chi connectivity index (χ0) is 9.30. The van der Waals surface area contributed by atoms with Crippen LogP contribution in [-0.2, 0) is 11.1 Å². The van der Waals surface area contributed by atoms with E-state index in [0.29, 0.717) is 6.07 Å². The number of rotatable bonds is 1. The van der Waals surface area contributed by atoms with Crippen LogP contribution in [0.15, 0.2) is 17.0 Å². The summed E-state index contributed by atoms with van der Waals surface area (Å²) in [6.07, 6.45) is 0. The predicted molar refractivity (Wildman–Crippen MR) is 33.5 cm³/mol. The molecule has 0 radical (unpaired) electrons. The molecule has 2 nitrogen and oxygen atoms in total. The van der Waals surface area contributed by atoms with Crippen LogP contribution >= 0.6 is 0 Å². The molecule has 0 saturated carbocycles. The van der Waals surface area contributed by atoms with Crippen molar-refractivity contribution in [1.29, 1.82) is 0 Å². The zero-order valence-corrected chi connectivity index (χ0v) is 6.33. The minimum absolute atomic E-state index is 0.270. The third kappa shape index (κ3) is 1.64. The van der Waals surface area contributed by atoms with E-state index in [1.54, 1.807) is 0 Å². The first kappa shape index (κ1) is 9.21. The largest absolute Gasteiger partial charge is 0.768 e. The van der Waals surface area contributed by atoms with E-state index < -0.39 is 33.4 Å². The van der Waals surface area contributed by atoms with Crippen molar-refractivity contribution in [2.45, 2.75) is 4.90 Å². The summed E-state index contributed by atoms with van der Waals surface area (Å²) in [5, 5.41) is 0. The van der Waals surface area contributed by atoms with E-state index in [1.165, 1.54) is 0 Å². The van der Waals surface area contributed by atoms with Gasteiger partial charge in [-0.3, -0.25) is 4.21 Å². The molecule has 0 N–H and O–H groups in total. The zero-order valence-electron chi connectivity index (χ0n) is 5.51. The van der Waals surface area contributed by atoms with Crippen LogP contribution in [0.25, 0.3) is 0 Å². The molecule has 1 unspecified atom stereocenters. The van der Waals surface area contributed by atoms with Crippen LogP contribution in [0.2, 0.25) is 0 Å². The second kappa shape index (κ2) is 3.24. The topological polar surface area (TPSA) is 40.1 Å². The molecular formula is C6H2F3O2S-. The summed E-state index contributed by atoms with van der Waals surface area (Å²) < 4.78 is 57.4. The normalized spacial score (nSPS) is 13.0. The lowest BCUT2D eigenvalue weighted by Crippen LogP contribution is -1.98. The highest BCUT2D eigenvalue weighted by atomic mass is 32.2. The van der Waals surface area contributed by atoms with E-state index in [2.05, 4.69) is 0 Å². The molecule has 0 aliphatic rings. The molecule has 12 heavy (non-hydrogen) atoms. The van der Waals surface area contributed by atoms with Crippen molar-refractivity contribution in [3.05, 3.63) is 29.6 Å². The lowest BCUT2D eigenvalue weighted by Gasteiger charge is -2.06. The van der Waals surface area contributed by atoms with E-state index in [4.69, 9.17) is 0 Å². The molecule has 1 atom stereocenters.